The van der Waals surface area contributed by atoms with E-state index >= 15 is 0 Å². The van der Waals surface area contributed by atoms with Gasteiger partial charge in [-0.1, -0.05) is 36.8 Å². The highest BCUT2D eigenvalue weighted by Gasteiger charge is 2.17. The van der Waals surface area contributed by atoms with Gasteiger partial charge in [0.15, 0.2) is 5.13 Å². The molecule has 7 nitrogen and oxygen atoms in total. The molecule has 0 spiro atoms. The molecule has 0 bridgehead atoms. The Morgan fingerprint density at radius 1 is 1.36 bits per heavy atom. The standard InChI is InChI=1S/C17H19N5O2S/c1-3-4-8-13-16(22-11-18-10-19-22)25-17(20-13)21-15(23)12-7-5-6-9-14(12)24-2/h5-7,9-11H,3-4,8H2,1-2H3,(H,20,21,23). The molecule has 8 heteroatoms. The Labute approximate surface area is 149 Å². The highest BCUT2D eigenvalue weighted by atomic mass is 32.1. The van der Waals surface area contributed by atoms with Crippen molar-refractivity contribution in [3.05, 3.63) is 48.2 Å². The van der Waals surface area contributed by atoms with E-state index in [1.54, 1.807) is 36.3 Å². The third-order valence-electron chi connectivity index (χ3n) is 3.64. The van der Waals surface area contributed by atoms with Crippen molar-refractivity contribution in [2.24, 2.45) is 0 Å². The smallest absolute Gasteiger partial charge is 0.261 e. The molecule has 0 saturated carbocycles. The summed E-state index contributed by atoms with van der Waals surface area (Å²) in [5.41, 5.74) is 1.38. The first-order valence-electron chi connectivity index (χ1n) is 8.02. The van der Waals surface area contributed by atoms with Crippen LogP contribution in [0.25, 0.3) is 5.00 Å². The van der Waals surface area contributed by atoms with Crippen LogP contribution in [-0.2, 0) is 6.42 Å². The number of unbranched alkanes of at least 4 members (excludes halogenated alkanes) is 1. The van der Waals surface area contributed by atoms with Crippen molar-refractivity contribution in [2.45, 2.75) is 26.2 Å². The maximum atomic E-state index is 12.6. The number of aromatic nitrogens is 4. The summed E-state index contributed by atoms with van der Waals surface area (Å²) in [6.07, 6.45) is 6.03. The average Bonchev–Trinajstić information content (AvgIpc) is 3.29. The van der Waals surface area contributed by atoms with Gasteiger partial charge in [-0.05, 0) is 25.0 Å². The van der Waals surface area contributed by atoms with Gasteiger partial charge in [0.2, 0.25) is 0 Å². The van der Waals surface area contributed by atoms with Crippen molar-refractivity contribution in [1.82, 2.24) is 19.7 Å². The molecule has 1 amide bonds. The van der Waals surface area contributed by atoms with Crippen LogP contribution in [0.15, 0.2) is 36.9 Å². The second-order valence-electron chi connectivity index (χ2n) is 5.37. The number of carbonyl (C=O) groups is 1. The SMILES string of the molecule is CCCCc1nc(NC(=O)c2ccccc2OC)sc1-n1cncn1. The van der Waals surface area contributed by atoms with Crippen molar-refractivity contribution in [3.63, 3.8) is 0 Å². The minimum atomic E-state index is -0.251. The molecule has 3 aromatic rings. The summed E-state index contributed by atoms with van der Waals surface area (Å²) in [5, 5.41) is 8.45. The number of aryl methyl sites for hydroxylation is 1. The first-order valence-corrected chi connectivity index (χ1v) is 8.83. The van der Waals surface area contributed by atoms with Crippen molar-refractivity contribution in [3.8, 4) is 10.8 Å². The quantitative estimate of drug-likeness (QED) is 0.701. The van der Waals surface area contributed by atoms with Gasteiger partial charge in [-0.3, -0.25) is 10.1 Å². The Balaban J connectivity index is 1.86. The van der Waals surface area contributed by atoms with Gasteiger partial charge < -0.3 is 4.74 Å². The van der Waals surface area contributed by atoms with Gasteiger partial charge in [0.05, 0.1) is 18.4 Å². The number of amides is 1. The molecule has 0 saturated heterocycles. The van der Waals surface area contributed by atoms with Crippen LogP contribution in [0.5, 0.6) is 5.75 Å². The van der Waals surface area contributed by atoms with Gasteiger partial charge in [0.1, 0.15) is 23.4 Å². The molecule has 3 rings (SSSR count). The molecule has 1 N–H and O–H groups in total. The fourth-order valence-corrected chi connectivity index (χ4v) is 3.33. The maximum Gasteiger partial charge on any atom is 0.261 e. The number of benzene rings is 1. The summed E-state index contributed by atoms with van der Waals surface area (Å²) in [6.45, 7) is 2.13. The molecular formula is C17H19N5O2S. The van der Waals surface area contributed by atoms with E-state index in [0.717, 1.165) is 30.0 Å². The van der Waals surface area contributed by atoms with E-state index in [1.165, 1.54) is 17.7 Å². The number of thiazole rings is 1. The van der Waals surface area contributed by atoms with E-state index in [0.29, 0.717) is 16.4 Å². The average molecular weight is 357 g/mol. The van der Waals surface area contributed by atoms with Crippen LogP contribution in [0.4, 0.5) is 5.13 Å². The Morgan fingerprint density at radius 3 is 2.92 bits per heavy atom. The third-order valence-corrected chi connectivity index (χ3v) is 4.65. The van der Waals surface area contributed by atoms with E-state index in [4.69, 9.17) is 4.74 Å². The number of nitrogens with one attached hydrogen (secondary N) is 1. The van der Waals surface area contributed by atoms with Gasteiger partial charge in [0, 0.05) is 0 Å². The maximum absolute atomic E-state index is 12.6. The molecule has 2 aromatic heterocycles. The zero-order valence-electron chi connectivity index (χ0n) is 14.1. The van der Waals surface area contributed by atoms with Crippen molar-refractivity contribution in [2.75, 3.05) is 12.4 Å². The van der Waals surface area contributed by atoms with E-state index in [-0.39, 0.29) is 5.91 Å². The largest absolute Gasteiger partial charge is 0.496 e. The number of para-hydroxylation sites is 1. The molecular weight excluding hydrogens is 338 g/mol. The predicted molar refractivity (Wildman–Crippen MR) is 96.6 cm³/mol. The molecule has 0 radical (unpaired) electrons. The van der Waals surface area contributed by atoms with E-state index in [1.807, 2.05) is 6.07 Å². The van der Waals surface area contributed by atoms with Crippen LogP contribution in [0.3, 0.4) is 0 Å². The number of anilines is 1. The Hall–Kier alpha value is -2.74. The zero-order chi connectivity index (χ0) is 17.6. The number of rotatable bonds is 7. The molecule has 0 aliphatic carbocycles. The summed E-state index contributed by atoms with van der Waals surface area (Å²) in [7, 11) is 1.54. The van der Waals surface area contributed by atoms with Crippen molar-refractivity contribution in [1.29, 1.82) is 0 Å². The first-order chi connectivity index (χ1) is 12.2. The predicted octanol–water partition coefficient (Wildman–Crippen LogP) is 3.33. The van der Waals surface area contributed by atoms with E-state index in [9.17, 15) is 4.79 Å². The number of methoxy groups -OCH3 is 1. The third kappa shape index (κ3) is 3.85. The minimum absolute atomic E-state index is 0.251. The Morgan fingerprint density at radius 2 is 2.20 bits per heavy atom. The molecule has 0 atom stereocenters. The normalized spacial score (nSPS) is 10.6. The van der Waals surface area contributed by atoms with Crippen molar-refractivity contribution >= 4 is 22.4 Å². The van der Waals surface area contributed by atoms with E-state index in [2.05, 4.69) is 27.3 Å². The van der Waals surface area contributed by atoms with Gasteiger partial charge in [0.25, 0.3) is 5.91 Å². The Kier molecular flexibility index (Phi) is 5.39. The lowest BCUT2D eigenvalue weighted by Crippen LogP contribution is -2.13. The van der Waals surface area contributed by atoms with Gasteiger partial charge in [-0.25, -0.2) is 14.6 Å². The number of hydrogen-bond acceptors (Lipinski definition) is 6. The second kappa shape index (κ2) is 7.89. The van der Waals surface area contributed by atoms with Gasteiger partial charge in [-0.15, -0.1) is 0 Å². The fourth-order valence-electron chi connectivity index (χ4n) is 2.39. The highest BCUT2D eigenvalue weighted by molar-refractivity contribution is 7.18. The molecule has 1 aromatic carbocycles. The van der Waals surface area contributed by atoms with Crippen LogP contribution in [-0.4, -0.2) is 32.8 Å². The summed E-state index contributed by atoms with van der Waals surface area (Å²) in [4.78, 5) is 21.1. The number of carbonyl (C=O) groups excluding carboxylic acids is 1. The molecule has 0 fully saturated rings. The highest BCUT2D eigenvalue weighted by Crippen LogP contribution is 2.28. The molecule has 0 aliphatic rings. The van der Waals surface area contributed by atoms with Crippen LogP contribution in [0.1, 0.15) is 35.8 Å². The summed E-state index contributed by atoms with van der Waals surface area (Å²) >= 11 is 1.38. The summed E-state index contributed by atoms with van der Waals surface area (Å²) in [6, 6.07) is 7.10. The molecule has 130 valence electrons. The van der Waals surface area contributed by atoms with Gasteiger partial charge in [-0.2, -0.15) is 5.10 Å². The lowest BCUT2D eigenvalue weighted by molar-refractivity contribution is 0.102. The zero-order valence-corrected chi connectivity index (χ0v) is 14.9. The lowest BCUT2D eigenvalue weighted by atomic mass is 10.2. The minimum Gasteiger partial charge on any atom is -0.496 e. The Bertz CT molecular complexity index is 845. The fraction of sp³-hybridized carbons (Fsp3) is 0.294. The number of hydrogen-bond donors (Lipinski definition) is 1. The number of nitrogens with zero attached hydrogens (tertiary/aromatic N) is 4. The van der Waals surface area contributed by atoms with E-state index < -0.39 is 0 Å². The molecule has 2 heterocycles. The van der Waals surface area contributed by atoms with Crippen LogP contribution in [0.2, 0.25) is 0 Å². The second-order valence-corrected chi connectivity index (χ2v) is 6.35. The van der Waals surface area contributed by atoms with Crippen LogP contribution >= 0.6 is 11.3 Å². The molecule has 25 heavy (non-hydrogen) atoms. The summed E-state index contributed by atoms with van der Waals surface area (Å²) in [5.74, 6) is 0.276. The molecule has 0 aliphatic heterocycles. The van der Waals surface area contributed by atoms with Crippen LogP contribution < -0.4 is 10.1 Å². The summed E-state index contributed by atoms with van der Waals surface area (Å²) < 4.78 is 6.93. The topological polar surface area (TPSA) is 81.9 Å². The first kappa shape index (κ1) is 17.1. The number of ether oxygens (including phenoxy) is 1. The van der Waals surface area contributed by atoms with Crippen molar-refractivity contribution < 1.29 is 9.53 Å². The monoisotopic (exact) mass is 357 g/mol. The van der Waals surface area contributed by atoms with Gasteiger partial charge >= 0.3 is 0 Å². The lowest BCUT2D eigenvalue weighted by Gasteiger charge is -2.06. The molecule has 0 unspecified atom stereocenters. The van der Waals surface area contributed by atoms with Crippen LogP contribution in [0, 0.1) is 0 Å².